The van der Waals surface area contributed by atoms with Gasteiger partial charge in [-0.15, -0.1) is 0 Å². The van der Waals surface area contributed by atoms with E-state index >= 15 is 0 Å². The molecule has 1 amide bonds. The summed E-state index contributed by atoms with van der Waals surface area (Å²) in [5.41, 5.74) is 0.352. The third-order valence-corrected chi connectivity index (χ3v) is 5.50. The van der Waals surface area contributed by atoms with E-state index in [0.717, 1.165) is 25.8 Å². The molecule has 0 radical (unpaired) electrons. The van der Waals surface area contributed by atoms with Crippen molar-refractivity contribution in [3.8, 4) is 0 Å². The van der Waals surface area contributed by atoms with Gasteiger partial charge in [-0.25, -0.2) is 0 Å². The number of carbonyl (C=O) groups excluding carboxylic acids is 1. The smallest absolute Gasteiger partial charge is 0.220 e. The van der Waals surface area contributed by atoms with Crippen LogP contribution in [0.1, 0.15) is 70.6 Å². The van der Waals surface area contributed by atoms with Crippen molar-refractivity contribution in [3.05, 3.63) is 0 Å². The minimum atomic E-state index is 0.308. The van der Waals surface area contributed by atoms with Gasteiger partial charge in [-0.1, -0.05) is 25.7 Å². The highest BCUT2D eigenvalue weighted by Crippen LogP contribution is 2.35. The van der Waals surface area contributed by atoms with Crippen LogP contribution in [0.25, 0.3) is 0 Å². The first-order valence-electron chi connectivity index (χ1n) is 8.30. The second-order valence-electron chi connectivity index (χ2n) is 7.03. The molecule has 2 N–H and O–H groups in total. The molecule has 1 heterocycles. The predicted octanol–water partition coefficient (Wildman–Crippen LogP) is 2.75. The molecule has 3 heteroatoms. The molecule has 0 aromatic heterocycles. The lowest BCUT2D eigenvalue weighted by Crippen LogP contribution is -2.57. The Kier molecular flexibility index (Phi) is 4.11. The quantitative estimate of drug-likeness (QED) is 0.823. The molecular weight excluding hydrogens is 236 g/mol. The van der Waals surface area contributed by atoms with E-state index in [2.05, 4.69) is 10.6 Å². The standard InChI is InChI=1S/C16H28N2O/c19-15(11-13-5-4-6-13)18-14-7-10-17-16(12-14)8-2-1-3-9-16/h13-14,17H,1-12H2,(H,18,19). The fourth-order valence-electron chi connectivity index (χ4n) is 4.14. The molecule has 3 rings (SSSR count). The molecule has 108 valence electrons. The van der Waals surface area contributed by atoms with E-state index in [-0.39, 0.29) is 0 Å². The Morgan fingerprint density at radius 1 is 1.11 bits per heavy atom. The molecule has 1 atom stereocenters. The summed E-state index contributed by atoms with van der Waals surface area (Å²) in [4.78, 5) is 12.1. The number of nitrogens with one attached hydrogen (secondary N) is 2. The molecular formula is C16H28N2O. The minimum Gasteiger partial charge on any atom is -0.353 e. The predicted molar refractivity (Wildman–Crippen MR) is 76.9 cm³/mol. The summed E-state index contributed by atoms with van der Waals surface area (Å²) in [6.45, 7) is 1.08. The second kappa shape index (κ2) is 5.82. The van der Waals surface area contributed by atoms with Crippen LogP contribution in [0.4, 0.5) is 0 Å². The van der Waals surface area contributed by atoms with E-state index in [4.69, 9.17) is 0 Å². The van der Waals surface area contributed by atoms with Gasteiger partial charge in [0, 0.05) is 18.0 Å². The van der Waals surface area contributed by atoms with Crippen LogP contribution < -0.4 is 10.6 Å². The van der Waals surface area contributed by atoms with Gasteiger partial charge < -0.3 is 10.6 Å². The summed E-state index contributed by atoms with van der Waals surface area (Å²) in [6, 6.07) is 0.423. The third kappa shape index (κ3) is 3.31. The highest BCUT2D eigenvalue weighted by molar-refractivity contribution is 5.76. The van der Waals surface area contributed by atoms with Gasteiger partial charge in [0.25, 0.3) is 0 Å². The average molecular weight is 264 g/mol. The highest BCUT2D eigenvalue weighted by Gasteiger charge is 2.37. The number of hydrogen-bond donors (Lipinski definition) is 2. The fraction of sp³-hybridized carbons (Fsp3) is 0.938. The van der Waals surface area contributed by atoms with Crippen LogP contribution in [0, 0.1) is 5.92 Å². The van der Waals surface area contributed by atoms with Gasteiger partial charge in [-0.05, 0) is 51.0 Å². The first-order valence-corrected chi connectivity index (χ1v) is 8.30. The molecule has 0 aromatic carbocycles. The van der Waals surface area contributed by atoms with Crippen molar-refractivity contribution in [1.82, 2.24) is 10.6 Å². The third-order valence-electron chi connectivity index (χ3n) is 5.50. The fourth-order valence-corrected chi connectivity index (χ4v) is 4.14. The van der Waals surface area contributed by atoms with E-state index in [1.54, 1.807) is 0 Å². The van der Waals surface area contributed by atoms with Crippen molar-refractivity contribution >= 4 is 5.91 Å². The van der Waals surface area contributed by atoms with E-state index in [9.17, 15) is 4.79 Å². The van der Waals surface area contributed by atoms with Crippen molar-refractivity contribution in [2.75, 3.05) is 6.54 Å². The van der Waals surface area contributed by atoms with Crippen molar-refractivity contribution in [2.24, 2.45) is 5.92 Å². The minimum absolute atomic E-state index is 0.308. The molecule has 1 saturated heterocycles. The lowest BCUT2D eigenvalue weighted by atomic mass is 9.75. The van der Waals surface area contributed by atoms with Gasteiger partial charge in [0.15, 0.2) is 0 Å². The average Bonchev–Trinajstić information content (AvgIpc) is 2.35. The zero-order valence-corrected chi connectivity index (χ0v) is 12.0. The van der Waals surface area contributed by atoms with Gasteiger partial charge in [-0.3, -0.25) is 4.79 Å². The van der Waals surface area contributed by atoms with E-state index < -0.39 is 0 Å². The van der Waals surface area contributed by atoms with Gasteiger partial charge in [0.05, 0.1) is 0 Å². The topological polar surface area (TPSA) is 41.1 Å². The lowest BCUT2D eigenvalue weighted by molar-refractivity contribution is -0.123. The Morgan fingerprint density at radius 3 is 2.58 bits per heavy atom. The number of carbonyl (C=O) groups is 1. The summed E-state index contributed by atoms with van der Waals surface area (Å²) in [7, 11) is 0. The van der Waals surface area contributed by atoms with Crippen LogP contribution >= 0.6 is 0 Å². The van der Waals surface area contributed by atoms with E-state index in [1.807, 2.05) is 0 Å². The first kappa shape index (κ1) is 13.4. The number of amides is 1. The summed E-state index contributed by atoms with van der Waals surface area (Å²) in [6.07, 6.45) is 13.6. The van der Waals surface area contributed by atoms with Crippen molar-refractivity contribution in [2.45, 2.75) is 82.2 Å². The largest absolute Gasteiger partial charge is 0.353 e. The molecule has 3 nitrogen and oxygen atoms in total. The molecule has 1 unspecified atom stereocenters. The number of hydrogen-bond acceptors (Lipinski definition) is 2. The van der Waals surface area contributed by atoms with Gasteiger partial charge in [0.1, 0.15) is 0 Å². The van der Waals surface area contributed by atoms with Crippen LogP contribution in [0.5, 0.6) is 0 Å². The maximum absolute atomic E-state index is 12.1. The SMILES string of the molecule is O=C(CC1CCC1)NC1CCNC2(CCCCC2)C1. The monoisotopic (exact) mass is 264 g/mol. The second-order valence-corrected chi connectivity index (χ2v) is 7.03. The molecule has 1 aliphatic heterocycles. The van der Waals surface area contributed by atoms with Crippen LogP contribution in [0.3, 0.4) is 0 Å². The number of rotatable bonds is 3. The van der Waals surface area contributed by atoms with Crippen molar-refractivity contribution < 1.29 is 4.79 Å². The Morgan fingerprint density at radius 2 is 1.89 bits per heavy atom. The normalized spacial score (nSPS) is 30.8. The first-order chi connectivity index (χ1) is 9.26. The van der Waals surface area contributed by atoms with Crippen molar-refractivity contribution in [1.29, 1.82) is 0 Å². The van der Waals surface area contributed by atoms with E-state index in [0.29, 0.717) is 23.4 Å². The van der Waals surface area contributed by atoms with Gasteiger partial charge in [-0.2, -0.15) is 0 Å². The van der Waals surface area contributed by atoms with Crippen molar-refractivity contribution in [3.63, 3.8) is 0 Å². The lowest BCUT2D eigenvalue weighted by Gasteiger charge is -2.45. The molecule has 3 fully saturated rings. The number of piperidine rings is 1. The Bertz CT molecular complexity index is 313. The maximum Gasteiger partial charge on any atom is 0.220 e. The van der Waals surface area contributed by atoms with Gasteiger partial charge in [0.2, 0.25) is 5.91 Å². The van der Waals surface area contributed by atoms with Crippen LogP contribution in [0.2, 0.25) is 0 Å². The van der Waals surface area contributed by atoms with Crippen LogP contribution in [0.15, 0.2) is 0 Å². The Balaban J connectivity index is 1.48. The molecule has 0 bridgehead atoms. The highest BCUT2D eigenvalue weighted by atomic mass is 16.1. The molecule has 2 saturated carbocycles. The summed E-state index contributed by atoms with van der Waals surface area (Å²) < 4.78 is 0. The molecule has 2 aliphatic carbocycles. The maximum atomic E-state index is 12.1. The Labute approximate surface area is 116 Å². The van der Waals surface area contributed by atoms with Crippen LogP contribution in [-0.4, -0.2) is 24.0 Å². The molecule has 3 aliphatic rings. The summed E-state index contributed by atoms with van der Waals surface area (Å²) in [5.74, 6) is 0.993. The van der Waals surface area contributed by atoms with E-state index in [1.165, 1.54) is 51.4 Å². The van der Waals surface area contributed by atoms with Gasteiger partial charge >= 0.3 is 0 Å². The summed E-state index contributed by atoms with van der Waals surface area (Å²) >= 11 is 0. The zero-order chi connectivity index (χ0) is 13.1. The van der Waals surface area contributed by atoms with Crippen LogP contribution in [-0.2, 0) is 4.79 Å². The summed E-state index contributed by atoms with van der Waals surface area (Å²) in [5, 5.41) is 7.06. The molecule has 0 aromatic rings. The zero-order valence-electron chi connectivity index (χ0n) is 12.0. The molecule has 19 heavy (non-hydrogen) atoms. The Hall–Kier alpha value is -0.570. The molecule has 1 spiro atoms.